The number of nitriles is 1. The van der Waals surface area contributed by atoms with E-state index in [0.29, 0.717) is 16.0 Å². The summed E-state index contributed by atoms with van der Waals surface area (Å²) in [5, 5.41) is 13.7. The zero-order chi connectivity index (χ0) is 17.6. The SMILES string of the molecule is N#Cc1ccc(C(OC(=O)c2cccs2)C(=O)NC2CCCC2)cc1. The minimum atomic E-state index is -1.03. The minimum Gasteiger partial charge on any atom is -0.443 e. The van der Waals surface area contributed by atoms with Crippen molar-refractivity contribution in [2.75, 3.05) is 0 Å². The Labute approximate surface area is 150 Å². The second kappa shape index (κ2) is 7.95. The maximum atomic E-state index is 12.7. The van der Waals surface area contributed by atoms with Crippen LogP contribution in [0.15, 0.2) is 41.8 Å². The van der Waals surface area contributed by atoms with Gasteiger partial charge in [0.1, 0.15) is 4.88 Å². The minimum absolute atomic E-state index is 0.133. The molecule has 5 nitrogen and oxygen atoms in total. The Bertz CT molecular complexity index is 772. The highest BCUT2D eigenvalue weighted by atomic mass is 32.1. The number of thiophene rings is 1. The van der Waals surface area contributed by atoms with Crippen molar-refractivity contribution in [2.45, 2.75) is 37.8 Å². The fourth-order valence-corrected chi connectivity index (χ4v) is 3.52. The molecule has 2 aromatic rings. The van der Waals surface area contributed by atoms with Gasteiger partial charge in [0.25, 0.3) is 5.91 Å². The van der Waals surface area contributed by atoms with Crippen molar-refractivity contribution in [1.29, 1.82) is 5.26 Å². The molecule has 1 aliphatic carbocycles. The summed E-state index contributed by atoms with van der Waals surface area (Å²) in [6, 6.07) is 12.1. The highest BCUT2D eigenvalue weighted by molar-refractivity contribution is 7.11. The number of carbonyl (C=O) groups is 2. The molecule has 1 heterocycles. The summed E-state index contributed by atoms with van der Waals surface area (Å²) in [6.07, 6.45) is 3.07. The van der Waals surface area contributed by atoms with Crippen LogP contribution < -0.4 is 5.32 Å². The summed E-state index contributed by atoms with van der Waals surface area (Å²) in [5.41, 5.74) is 1.04. The largest absolute Gasteiger partial charge is 0.443 e. The quantitative estimate of drug-likeness (QED) is 0.833. The number of benzene rings is 1. The topological polar surface area (TPSA) is 79.2 Å². The molecule has 1 aromatic heterocycles. The first-order chi connectivity index (χ1) is 12.2. The van der Waals surface area contributed by atoms with Crippen molar-refractivity contribution in [2.24, 2.45) is 0 Å². The van der Waals surface area contributed by atoms with Crippen LogP contribution >= 0.6 is 11.3 Å². The number of hydrogen-bond acceptors (Lipinski definition) is 5. The lowest BCUT2D eigenvalue weighted by molar-refractivity contribution is -0.131. The summed E-state index contributed by atoms with van der Waals surface area (Å²) >= 11 is 1.27. The summed E-state index contributed by atoms with van der Waals surface area (Å²) in [6.45, 7) is 0. The lowest BCUT2D eigenvalue weighted by Gasteiger charge is -2.20. The van der Waals surface area contributed by atoms with E-state index in [9.17, 15) is 9.59 Å². The number of amides is 1. The number of rotatable bonds is 5. The predicted molar refractivity (Wildman–Crippen MR) is 94.0 cm³/mol. The molecule has 0 aliphatic heterocycles. The van der Waals surface area contributed by atoms with Gasteiger partial charge in [0, 0.05) is 11.6 Å². The molecule has 0 radical (unpaired) electrons. The lowest BCUT2D eigenvalue weighted by Crippen LogP contribution is -2.38. The molecular weight excluding hydrogens is 336 g/mol. The van der Waals surface area contributed by atoms with E-state index in [-0.39, 0.29) is 11.9 Å². The maximum Gasteiger partial charge on any atom is 0.349 e. The summed E-state index contributed by atoms with van der Waals surface area (Å²) in [4.78, 5) is 25.5. The van der Waals surface area contributed by atoms with Crippen molar-refractivity contribution < 1.29 is 14.3 Å². The van der Waals surface area contributed by atoms with Crippen LogP contribution in [0.3, 0.4) is 0 Å². The number of nitrogens with one attached hydrogen (secondary N) is 1. The normalized spacial score (nSPS) is 15.3. The molecule has 1 aromatic carbocycles. The van der Waals surface area contributed by atoms with Crippen molar-refractivity contribution in [3.8, 4) is 6.07 Å². The molecule has 0 saturated heterocycles. The van der Waals surface area contributed by atoms with Crippen LogP contribution in [0.5, 0.6) is 0 Å². The Hall–Kier alpha value is -2.65. The van der Waals surface area contributed by atoms with Crippen molar-refractivity contribution in [3.05, 3.63) is 57.8 Å². The average Bonchev–Trinajstić information content (AvgIpc) is 3.33. The van der Waals surface area contributed by atoms with E-state index in [1.807, 2.05) is 6.07 Å². The molecule has 1 N–H and O–H groups in total. The third-order valence-corrected chi connectivity index (χ3v) is 5.08. The molecule has 1 unspecified atom stereocenters. The zero-order valence-corrected chi connectivity index (χ0v) is 14.4. The molecule has 3 rings (SSSR count). The first-order valence-electron chi connectivity index (χ1n) is 8.22. The van der Waals surface area contributed by atoms with Crippen LogP contribution in [-0.2, 0) is 9.53 Å². The fourth-order valence-electron chi connectivity index (χ4n) is 2.91. The molecule has 1 amide bonds. The number of esters is 1. The Morgan fingerprint density at radius 3 is 2.52 bits per heavy atom. The Morgan fingerprint density at radius 2 is 1.92 bits per heavy atom. The molecule has 128 valence electrons. The van der Waals surface area contributed by atoms with Crippen molar-refractivity contribution in [1.82, 2.24) is 5.32 Å². The predicted octanol–water partition coefficient (Wildman–Crippen LogP) is 3.58. The third kappa shape index (κ3) is 4.25. The van der Waals surface area contributed by atoms with Gasteiger partial charge >= 0.3 is 5.97 Å². The van der Waals surface area contributed by atoms with Crippen molar-refractivity contribution in [3.63, 3.8) is 0 Å². The number of nitrogens with zero attached hydrogens (tertiary/aromatic N) is 1. The lowest BCUT2D eigenvalue weighted by atomic mass is 10.1. The van der Waals surface area contributed by atoms with E-state index in [4.69, 9.17) is 10.00 Å². The highest BCUT2D eigenvalue weighted by Crippen LogP contribution is 2.24. The van der Waals surface area contributed by atoms with Crippen LogP contribution in [0.1, 0.15) is 52.6 Å². The number of hydrogen-bond donors (Lipinski definition) is 1. The molecule has 1 aliphatic rings. The molecule has 6 heteroatoms. The molecule has 25 heavy (non-hydrogen) atoms. The van der Waals surface area contributed by atoms with Crippen LogP contribution in [0, 0.1) is 11.3 Å². The molecule has 1 atom stereocenters. The van der Waals surface area contributed by atoms with Gasteiger partial charge in [-0.3, -0.25) is 4.79 Å². The second-order valence-electron chi connectivity index (χ2n) is 5.99. The van der Waals surface area contributed by atoms with E-state index in [0.717, 1.165) is 25.7 Å². The summed E-state index contributed by atoms with van der Waals surface area (Å²) in [7, 11) is 0. The van der Waals surface area contributed by atoms with E-state index < -0.39 is 12.1 Å². The van der Waals surface area contributed by atoms with E-state index in [1.54, 1.807) is 41.8 Å². The van der Waals surface area contributed by atoms with Gasteiger partial charge < -0.3 is 10.1 Å². The Balaban J connectivity index is 1.80. The Kier molecular flexibility index (Phi) is 5.46. The van der Waals surface area contributed by atoms with Crippen molar-refractivity contribution >= 4 is 23.2 Å². The monoisotopic (exact) mass is 354 g/mol. The standard InChI is InChI=1S/C19H18N2O3S/c20-12-13-7-9-14(10-8-13)17(18(22)21-15-4-1-2-5-15)24-19(23)16-6-3-11-25-16/h3,6-11,15,17H,1-2,4-5H2,(H,21,22). The second-order valence-corrected chi connectivity index (χ2v) is 6.93. The molecular formula is C19H18N2O3S. The van der Waals surface area contributed by atoms with E-state index in [2.05, 4.69) is 5.32 Å². The van der Waals surface area contributed by atoms with Crippen LogP contribution in [0.2, 0.25) is 0 Å². The van der Waals surface area contributed by atoms with Gasteiger partial charge in [0.15, 0.2) is 0 Å². The van der Waals surface area contributed by atoms with Gasteiger partial charge in [-0.1, -0.05) is 31.0 Å². The third-order valence-electron chi connectivity index (χ3n) is 4.23. The van der Waals surface area contributed by atoms with Gasteiger partial charge in [-0.25, -0.2) is 4.79 Å². The summed E-state index contributed by atoms with van der Waals surface area (Å²) in [5.74, 6) is -0.840. The smallest absolute Gasteiger partial charge is 0.349 e. The first kappa shape index (κ1) is 17.2. The maximum absolute atomic E-state index is 12.7. The van der Waals surface area contributed by atoms with E-state index >= 15 is 0 Å². The first-order valence-corrected chi connectivity index (χ1v) is 9.10. The Morgan fingerprint density at radius 1 is 1.20 bits per heavy atom. The van der Waals surface area contributed by atoms with Crippen LogP contribution in [0.4, 0.5) is 0 Å². The van der Waals surface area contributed by atoms with Gasteiger partial charge in [0.05, 0.1) is 11.6 Å². The van der Waals surface area contributed by atoms with Crippen LogP contribution in [-0.4, -0.2) is 17.9 Å². The highest BCUT2D eigenvalue weighted by Gasteiger charge is 2.28. The molecule has 1 saturated carbocycles. The van der Waals surface area contributed by atoms with Gasteiger partial charge in [-0.15, -0.1) is 11.3 Å². The number of ether oxygens (including phenoxy) is 1. The zero-order valence-electron chi connectivity index (χ0n) is 13.6. The average molecular weight is 354 g/mol. The van der Waals surface area contributed by atoms with Gasteiger partial charge in [-0.05, 0) is 36.4 Å². The number of carbonyl (C=O) groups excluding carboxylic acids is 2. The van der Waals surface area contributed by atoms with Gasteiger partial charge in [0.2, 0.25) is 6.10 Å². The summed E-state index contributed by atoms with van der Waals surface area (Å²) < 4.78 is 5.50. The molecule has 0 bridgehead atoms. The molecule has 0 spiro atoms. The van der Waals surface area contributed by atoms with Crippen LogP contribution in [0.25, 0.3) is 0 Å². The molecule has 1 fully saturated rings. The fraction of sp³-hybridized carbons (Fsp3) is 0.316. The van der Waals surface area contributed by atoms with E-state index in [1.165, 1.54) is 11.3 Å². The van der Waals surface area contributed by atoms with Gasteiger partial charge in [-0.2, -0.15) is 5.26 Å².